The maximum absolute atomic E-state index is 5.39. The predicted octanol–water partition coefficient (Wildman–Crippen LogP) is 3.56. The van der Waals surface area contributed by atoms with Gasteiger partial charge >= 0.3 is 0 Å². The van der Waals surface area contributed by atoms with Gasteiger partial charge in [0.2, 0.25) is 0 Å². The average Bonchev–Trinajstić information content (AvgIpc) is 2.92. The first kappa shape index (κ1) is 13.1. The van der Waals surface area contributed by atoms with Crippen LogP contribution in [0.25, 0.3) is 0 Å². The van der Waals surface area contributed by atoms with Crippen LogP contribution >= 0.6 is 11.3 Å². The largest absolute Gasteiger partial charge is 0.496 e. The molecule has 1 heterocycles. The van der Waals surface area contributed by atoms with E-state index in [0.29, 0.717) is 0 Å². The van der Waals surface area contributed by atoms with Crippen LogP contribution in [-0.2, 0) is 0 Å². The summed E-state index contributed by atoms with van der Waals surface area (Å²) in [5.74, 6) is 0.925. The maximum atomic E-state index is 5.39. The lowest BCUT2D eigenvalue weighted by atomic mass is 10.1. The van der Waals surface area contributed by atoms with Crippen LogP contribution in [0.15, 0.2) is 36.0 Å². The predicted molar refractivity (Wildman–Crippen MR) is 75.1 cm³/mol. The van der Waals surface area contributed by atoms with E-state index >= 15 is 0 Å². The lowest BCUT2D eigenvalue weighted by Crippen LogP contribution is -2.22. The number of methoxy groups -OCH3 is 1. The molecule has 2 atom stereocenters. The Hall–Kier alpha value is -1.39. The number of ether oxygens (including phenoxy) is 1. The van der Waals surface area contributed by atoms with E-state index in [1.54, 1.807) is 18.4 Å². The molecule has 4 heteroatoms. The van der Waals surface area contributed by atoms with Crippen molar-refractivity contribution in [2.45, 2.75) is 25.9 Å². The quantitative estimate of drug-likeness (QED) is 0.894. The zero-order valence-corrected chi connectivity index (χ0v) is 11.7. The molecular weight excluding hydrogens is 244 g/mol. The van der Waals surface area contributed by atoms with Crippen LogP contribution in [-0.4, -0.2) is 12.1 Å². The number of aromatic nitrogens is 1. The van der Waals surface area contributed by atoms with Crippen LogP contribution in [0.5, 0.6) is 5.75 Å². The maximum Gasteiger partial charge on any atom is 0.123 e. The molecule has 2 aromatic rings. The molecule has 3 nitrogen and oxygen atoms in total. The molecule has 0 bridgehead atoms. The van der Waals surface area contributed by atoms with E-state index < -0.39 is 0 Å². The summed E-state index contributed by atoms with van der Waals surface area (Å²) in [4.78, 5) is 5.36. The highest BCUT2D eigenvalue weighted by molar-refractivity contribution is 7.09. The van der Waals surface area contributed by atoms with Crippen LogP contribution in [0.2, 0.25) is 0 Å². The van der Waals surface area contributed by atoms with Crippen molar-refractivity contribution in [1.29, 1.82) is 0 Å². The molecule has 0 saturated carbocycles. The first-order valence-electron chi connectivity index (χ1n) is 5.99. The van der Waals surface area contributed by atoms with Crippen molar-refractivity contribution >= 4 is 11.3 Å². The number of rotatable bonds is 5. The zero-order chi connectivity index (χ0) is 13.0. The minimum Gasteiger partial charge on any atom is -0.496 e. The van der Waals surface area contributed by atoms with Crippen molar-refractivity contribution in [3.8, 4) is 5.75 Å². The molecule has 2 unspecified atom stereocenters. The molecule has 18 heavy (non-hydrogen) atoms. The molecule has 0 saturated heterocycles. The van der Waals surface area contributed by atoms with Gasteiger partial charge in [-0.1, -0.05) is 18.2 Å². The van der Waals surface area contributed by atoms with E-state index in [4.69, 9.17) is 4.74 Å². The fraction of sp³-hybridized carbons (Fsp3) is 0.357. The Labute approximate surface area is 112 Å². The van der Waals surface area contributed by atoms with Crippen molar-refractivity contribution in [1.82, 2.24) is 10.3 Å². The number of hydrogen-bond donors (Lipinski definition) is 1. The highest BCUT2D eigenvalue weighted by Crippen LogP contribution is 2.27. The van der Waals surface area contributed by atoms with E-state index in [1.165, 1.54) is 10.4 Å². The second-order valence-electron chi connectivity index (χ2n) is 4.26. The van der Waals surface area contributed by atoms with Crippen molar-refractivity contribution in [3.63, 3.8) is 0 Å². The molecule has 0 aliphatic carbocycles. The smallest absolute Gasteiger partial charge is 0.123 e. The van der Waals surface area contributed by atoms with Crippen LogP contribution in [0.3, 0.4) is 0 Å². The van der Waals surface area contributed by atoms with Crippen molar-refractivity contribution in [2.24, 2.45) is 0 Å². The van der Waals surface area contributed by atoms with Crippen molar-refractivity contribution < 1.29 is 4.74 Å². The highest BCUT2D eigenvalue weighted by atomic mass is 32.1. The highest BCUT2D eigenvalue weighted by Gasteiger charge is 2.15. The lowest BCUT2D eigenvalue weighted by molar-refractivity contribution is 0.397. The van der Waals surface area contributed by atoms with Gasteiger partial charge in [0.05, 0.1) is 12.6 Å². The third-order valence-electron chi connectivity index (χ3n) is 2.98. The van der Waals surface area contributed by atoms with Gasteiger partial charge in [-0.3, -0.25) is 4.98 Å². The van der Waals surface area contributed by atoms with Gasteiger partial charge in [-0.15, -0.1) is 11.3 Å². The Morgan fingerprint density at radius 2 is 2.00 bits per heavy atom. The van der Waals surface area contributed by atoms with Gasteiger partial charge in [0.15, 0.2) is 0 Å². The second-order valence-corrected chi connectivity index (χ2v) is 5.17. The van der Waals surface area contributed by atoms with Crippen LogP contribution in [0, 0.1) is 0 Å². The summed E-state index contributed by atoms with van der Waals surface area (Å²) in [5, 5.41) is 3.56. The minimum absolute atomic E-state index is 0.234. The lowest BCUT2D eigenvalue weighted by Gasteiger charge is -2.21. The first-order valence-corrected chi connectivity index (χ1v) is 6.87. The third kappa shape index (κ3) is 2.89. The summed E-state index contributed by atoms with van der Waals surface area (Å²) in [6, 6.07) is 8.63. The van der Waals surface area contributed by atoms with Crippen LogP contribution in [0.1, 0.15) is 36.4 Å². The Bertz CT molecular complexity index is 484. The third-order valence-corrected chi connectivity index (χ3v) is 3.94. The number of nitrogens with zero attached hydrogens (tertiary/aromatic N) is 1. The molecule has 0 aliphatic heterocycles. The molecule has 2 rings (SSSR count). The number of hydrogen-bond acceptors (Lipinski definition) is 4. The molecule has 0 spiro atoms. The summed E-state index contributed by atoms with van der Waals surface area (Å²) in [5.41, 5.74) is 3.04. The Morgan fingerprint density at radius 3 is 2.67 bits per heavy atom. The first-order chi connectivity index (χ1) is 8.72. The van der Waals surface area contributed by atoms with Crippen molar-refractivity contribution in [2.75, 3.05) is 7.11 Å². The number of nitrogens with one attached hydrogen (secondary N) is 1. The van der Waals surface area contributed by atoms with Gasteiger partial charge in [0.1, 0.15) is 5.75 Å². The number of para-hydroxylation sites is 1. The minimum atomic E-state index is 0.234. The molecule has 0 aliphatic rings. The van der Waals surface area contributed by atoms with Gasteiger partial charge in [-0.2, -0.15) is 0 Å². The van der Waals surface area contributed by atoms with E-state index in [0.717, 1.165) is 5.75 Å². The van der Waals surface area contributed by atoms with Crippen molar-refractivity contribution in [3.05, 3.63) is 46.4 Å². The Balaban J connectivity index is 2.09. The van der Waals surface area contributed by atoms with Gasteiger partial charge < -0.3 is 10.1 Å². The standard InChI is InChI=1S/C14H18N2OS/c1-10(12-6-4-5-7-13(12)17-3)16-11(2)14-8-15-9-18-14/h4-11,16H,1-3H3. The van der Waals surface area contributed by atoms with E-state index in [-0.39, 0.29) is 12.1 Å². The molecule has 96 valence electrons. The topological polar surface area (TPSA) is 34.1 Å². The molecule has 0 amide bonds. The molecule has 0 radical (unpaired) electrons. The van der Waals surface area contributed by atoms with E-state index in [9.17, 15) is 0 Å². The SMILES string of the molecule is COc1ccccc1C(C)NC(C)c1cncs1. The molecule has 1 aromatic carbocycles. The van der Waals surface area contributed by atoms with Crippen LogP contribution in [0.4, 0.5) is 0 Å². The van der Waals surface area contributed by atoms with Crippen LogP contribution < -0.4 is 10.1 Å². The fourth-order valence-electron chi connectivity index (χ4n) is 2.01. The molecule has 1 N–H and O–H groups in total. The van der Waals surface area contributed by atoms with Gasteiger partial charge in [-0.05, 0) is 19.9 Å². The van der Waals surface area contributed by atoms with E-state index in [1.807, 2.05) is 29.9 Å². The summed E-state index contributed by atoms with van der Waals surface area (Å²) in [6.45, 7) is 4.30. The number of thiazole rings is 1. The normalized spacial score (nSPS) is 14.2. The monoisotopic (exact) mass is 262 g/mol. The summed E-state index contributed by atoms with van der Waals surface area (Å²) in [7, 11) is 1.71. The molecule has 0 fully saturated rings. The molecular formula is C14H18N2OS. The zero-order valence-electron chi connectivity index (χ0n) is 10.9. The Kier molecular flexibility index (Phi) is 4.33. The Morgan fingerprint density at radius 1 is 1.22 bits per heavy atom. The average molecular weight is 262 g/mol. The molecule has 1 aromatic heterocycles. The number of benzene rings is 1. The van der Waals surface area contributed by atoms with E-state index in [2.05, 4.69) is 30.2 Å². The second kappa shape index (κ2) is 5.98. The fourth-order valence-corrected chi connectivity index (χ4v) is 2.65. The summed E-state index contributed by atoms with van der Waals surface area (Å²) < 4.78 is 5.39. The summed E-state index contributed by atoms with van der Waals surface area (Å²) in [6.07, 6.45) is 1.91. The summed E-state index contributed by atoms with van der Waals surface area (Å²) >= 11 is 1.67. The van der Waals surface area contributed by atoms with Gasteiger partial charge in [0.25, 0.3) is 0 Å². The van der Waals surface area contributed by atoms with Gasteiger partial charge in [-0.25, -0.2) is 0 Å². The van der Waals surface area contributed by atoms with Gasteiger partial charge in [0, 0.05) is 28.7 Å².